The van der Waals surface area contributed by atoms with Crippen LogP contribution in [0.4, 0.5) is 0 Å². The van der Waals surface area contributed by atoms with E-state index < -0.39 is 11.9 Å². The highest BCUT2D eigenvalue weighted by Crippen LogP contribution is 2.08. The Morgan fingerprint density at radius 1 is 0.667 bits per heavy atom. The molecule has 0 rings (SSSR count). The average molecular weight is 227 g/mol. The summed E-state index contributed by atoms with van der Waals surface area (Å²) in [5.74, 6) is -1.48. The van der Waals surface area contributed by atoms with Crippen LogP contribution in [0.2, 0.25) is 0 Å². The lowest BCUT2D eigenvalue weighted by atomic mass is 10.1. The Morgan fingerprint density at radius 2 is 0.933 bits per heavy atom. The number of unbranched alkanes of at least 4 members (excludes halogenated alkanes) is 5. The van der Waals surface area contributed by atoms with Crippen molar-refractivity contribution in [3.8, 4) is 0 Å². The van der Waals surface area contributed by atoms with Gasteiger partial charge in [0.05, 0.1) is 0 Å². The van der Waals surface area contributed by atoms with Crippen molar-refractivity contribution in [3.63, 3.8) is 0 Å². The molecule has 0 spiro atoms. The number of rotatable bonds is 9. The van der Waals surface area contributed by atoms with Crippen molar-refractivity contribution in [2.75, 3.05) is 0 Å². The molecule has 0 aromatic carbocycles. The molecule has 5 heteroatoms. The Kier molecular flexibility index (Phi) is 13.4. The van der Waals surface area contributed by atoms with Gasteiger partial charge >= 0.3 is 11.9 Å². The fourth-order valence-corrected chi connectivity index (χ4v) is 1.26. The molecule has 0 aliphatic carbocycles. The predicted molar refractivity (Wildman–Crippen MR) is 58.0 cm³/mol. The molecule has 0 aliphatic heterocycles. The summed E-state index contributed by atoms with van der Waals surface area (Å²) in [6.45, 7) is 0. The highest BCUT2D eigenvalue weighted by molar-refractivity contribution is 5.75. The van der Waals surface area contributed by atoms with Crippen LogP contribution >= 0.6 is 0 Å². The van der Waals surface area contributed by atoms with E-state index in [2.05, 4.69) is 0 Å². The second-order valence-electron chi connectivity index (χ2n) is 3.41. The molecule has 0 saturated carbocycles. The summed E-state index contributed by atoms with van der Waals surface area (Å²) in [4.78, 5) is 20.3. The van der Waals surface area contributed by atoms with Gasteiger partial charge in [0.1, 0.15) is 0 Å². The Balaban J connectivity index is 0. The molecule has 0 aromatic heterocycles. The van der Waals surface area contributed by atoms with Gasteiger partial charge in [-0.05, 0) is 12.8 Å². The smallest absolute Gasteiger partial charge is 0.303 e. The van der Waals surface area contributed by atoms with E-state index in [1.165, 1.54) is 0 Å². The number of hydrogen-bond acceptors (Lipinski definition) is 2. The topological polar surface area (TPSA) is 74.6 Å². The van der Waals surface area contributed by atoms with Gasteiger partial charge in [-0.1, -0.05) is 25.7 Å². The first-order valence-electron chi connectivity index (χ1n) is 5.06. The maximum Gasteiger partial charge on any atom is 0.303 e. The van der Waals surface area contributed by atoms with E-state index in [9.17, 15) is 9.59 Å². The second-order valence-corrected chi connectivity index (χ2v) is 3.41. The van der Waals surface area contributed by atoms with E-state index in [4.69, 9.17) is 10.2 Å². The van der Waals surface area contributed by atoms with Gasteiger partial charge < -0.3 is 10.2 Å². The summed E-state index contributed by atoms with van der Waals surface area (Å²) < 4.78 is 0. The monoisotopic (exact) mass is 226 g/mol. The molecule has 4 nitrogen and oxygen atoms in total. The molecule has 2 radical (unpaired) electrons. The van der Waals surface area contributed by atoms with Crippen molar-refractivity contribution in [3.05, 3.63) is 0 Å². The highest BCUT2D eigenvalue weighted by Gasteiger charge is 1.98. The van der Waals surface area contributed by atoms with E-state index in [1.54, 1.807) is 0 Å². The Hall–Kier alpha value is -0.294. The Bertz CT molecular complexity index is 162. The molecule has 0 atom stereocenters. The molecule has 0 aliphatic rings. The molecule has 0 heterocycles. The van der Waals surface area contributed by atoms with Crippen LogP contribution in [0.3, 0.4) is 0 Å². The summed E-state index contributed by atoms with van der Waals surface area (Å²) in [7, 11) is 0. The van der Waals surface area contributed by atoms with E-state index in [1.807, 2.05) is 0 Å². The quantitative estimate of drug-likeness (QED) is 0.465. The third-order valence-corrected chi connectivity index (χ3v) is 2.03. The van der Waals surface area contributed by atoms with Crippen LogP contribution < -0.4 is 0 Å². The van der Waals surface area contributed by atoms with E-state index >= 15 is 0 Å². The highest BCUT2D eigenvalue weighted by atomic mass is 24.3. The van der Waals surface area contributed by atoms with Crippen LogP contribution in [0, 0.1) is 0 Å². The van der Waals surface area contributed by atoms with Gasteiger partial charge in [0.15, 0.2) is 0 Å². The minimum absolute atomic E-state index is 0. The zero-order valence-corrected chi connectivity index (χ0v) is 10.5. The molecule has 2 N–H and O–H groups in total. The predicted octanol–water partition coefficient (Wildman–Crippen LogP) is 1.90. The molecular formula is C10H18MgO4. The van der Waals surface area contributed by atoms with E-state index in [0.717, 1.165) is 38.5 Å². The van der Waals surface area contributed by atoms with Gasteiger partial charge in [-0.25, -0.2) is 0 Å². The molecule has 15 heavy (non-hydrogen) atoms. The first-order valence-corrected chi connectivity index (χ1v) is 5.06. The van der Waals surface area contributed by atoms with Crippen molar-refractivity contribution < 1.29 is 19.8 Å². The average Bonchev–Trinajstić information content (AvgIpc) is 2.08. The van der Waals surface area contributed by atoms with Gasteiger partial charge in [0, 0.05) is 35.9 Å². The fourth-order valence-electron chi connectivity index (χ4n) is 1.26. The lowest BCUT2D eigenvalue weighted by Gasteiger charge is -1.98. The Labute approximate surface area is 106 Å². The van der Waals surface area contributed by atoms with Gasteiger partial charge in [-0.2, -0.15) is 0 Å². The lowest BCUT2D eigenvalue weighted by Crippen LogP contribution is -1.94. The van der Waals surface area contributed by atoms with Gasteiger partial charge in [0.25, 0.3) is 0 Å². The number of carboxylic acids is 2. The molecule has 0 saturated heterocycles. The second kappa shape index (κ2) is 11.8. The molecular weight excluding hydrogens is 208 g/mol. The van der Waals surface area contributed by atoms with Crippen molar-refractivity contribution in [2.24, 2.45) is 0 Å². The van der Waals surface area contributed by atoms with Crippen molar-refractivity contribution in [2.45, 2.75) is 51.4 Å². The molecule has 0 aromatic rings. The lowest BCUT2D eigenvalue weighted by molar-refractivity contribution is -0.138. The van der Waals surface area contributed by atoms with E-state index in [0.29, 0.717) is 0 Å². The number of carboxylic acid groups (broad SMARTS) is 2. The van der Waals surface area contributed by atoms with Crippen LogP contribution in [-0.2, 0) is 9.59 Å². The third-order valence-electron chi connectivity index (χ3n) is 2.03. The SMILES string of the molecule is O=C(O)CCCCCCCCC(=O)O.[Mg]. The van der Waals surface area contributed by atoms with Crippen molar-refractivity contribution in [1.82, 2.24) is 0 Å². The van der Waals surface area contributed by atoms with Crippen LogP contribution in [0.15, 0.2) is 0 Å². The Morgan fingerprint density at radius 3 is 1.20 bits per heavy atom. The normalized spacial score (nSPS) is 9.33. The van der Waals surface area contributed by atoms with Crippen LogP contribution in [-0.4, -0.2) is 45.2 Å². The summed E-state index contributed by atoms with van der Waals surface area (Å²) in [6, 6.07) is 0. The van der Waals surface area contributed by atoms with Gasteiger partial charge in [-0.15, -0.1) is 0 Å². The maximum atomic E-state index is 10.1. The fraction of sp³-hybridized carbons (Fsp3) is 0.800. The summed E-state index contributed by atoms with van der Waals surface area (Å²) in [5.41, 5.74) is 0. The minimum Gasteiger partial charge on any atom is -0.481 e. The minimum atomic E-state index is -0.740. The molecule has 0 fully saturated rings. The zero-order chi connectivity index (χ0) is 10.8. The summed E-state index contributed by atoms with van der Waals surface area (Å²) >= 11 is 0. The van der Waals surface area contributed by atoms with Crippen molar-refractivity contribution in [1.29, 1.82) is 0 Å². The van der Waals surface area contributed by atoms with Gasteiger partial charge in [-0.3, -0.25) is 9.59 Å². The van der Waals surface area contributed by atoms with E-state index in [-0.39, 0.29) is 35.9 Å². The summed E-state index contributed by atoms with van der Waals surface area (Å²) in [6.07, 6.45) is 5.82. The van der Waals surface area contributed by atoms with Crippen LogP contribution in [0.25, 0.3) is 0 Å². The number of aliphatic carboxylic acids is 2. The zero-order valence-electron chi connectivity index (χ0n) is 9.07. The molecule has 0 amide bonds. The molecule has 0 bridgehead atoms. The standard InChI is InChI=1S/C10H18O4.Mg/c11-9(12)7-5-3-1-2-4-6-8-10(13)14;/h1-8H2,(H,11,12)(H,13,14);. The first-order chi connectivity index (χ1) is 6.63. The van der Waals surface area contributed by atoms with Crippen LogP contribution in [0.5, 0.6) is 0 Å². The molecule has 84 valence electrons. The molecule has 0 unspecified atom stereocenters. The number of hydrogen-bond donors (Lipinski definition) is 2. The summed E-state index contributed by atoms with van der Waals surface area (Å²) in [5, 5.41) is 16.7. The largest absolute Gasteiger partial charge is 0.481 e. The van der Waals surface area contributed by atoms with Crippen molar-refractivity contribution >= 4 is 35.0 Å². The van der Waals surface area contributed by atoms with Crippen LogP contribution in [0.1, 0.15) is 51.4 Å². The number of carbonyl (C=O) groups is 2. The third kappa shape index (κ3) is 16.4. The first kappa shape index (κ1) is 17.1. The maximum absolute atomic E-state index is 10.1. The van der Waals surface area contributed by atoms with Gasteiger partial charge in [0.2, 0.25) is 0 Å².